The Morgan fingerprint density at radius 2 is 2.04 bits per heavy atom. The Hall–Kier alpha value is -2.35. The Kier molecular flexibility index (Phi) is 4.31. The molecule has 2 aromatic rings. The number of hydrogen-bond donors (Lipinski definition) is 2. The standard InChI is InChI=1S/C16H20N4O3S/c1-3-20-15(11-7-8-11)14(10-17-20)16(21)18-12-5-4-6-13(9-12)19-24(2,22)23/h4-6,9-11,19H,3,7-8H2,1-2H3,(H,18,21). The molecule has 1 aromatic heterocycles. The molecule has 8 heteroatoms. The van der Waals surface area contributed by atoms with Crippen molar-refractivity contribution in [3.63, 3.8) is 0 Å². The number of carbonyl (C=O) groups excluding carboxylic acids is 1. The van der Waals surface area contributed by atoms with E-state index in [0.29, 0.717) is 22.9 Å². The zero-order valence-electron chi connectivity index (χ0n) is 13.6. The maximum atomic E-state index is 12.6. The number of benzene rings is 1. The van der Waals surface area contributed by atoms with Gasteiger partial charge in [0.1, 0.15) is 0 Å². The zero-order chi connectivity index (χ0) is 17.3. The number of carbonyl (C=O) groups is 1. The Labute approximate surface area is 141 Å². The van der Waals surface area contributed by atoms with Gasteiger partial charge < -0.3 is 5.32 Å². The molecule has 0 bridgehead atoms. The lowest BCUT2D eigenvalue weighted by atomic mass is 10.1. The molecule has 1 aliphatic rings. The molecule has 1 aliphatic carbocycles. The summed E-state index contributed by atoms with van der Waals surface area (Å²) in [6.07, 6.45) is 4.85. The van der Waals surface area contributed by atoms with E-state index >= 15 is 0 Å². The molecule has 3 rings (SSSR count). The van der Waals surface area contributed by atoms with Gasteiger partial charge in [-0.2, -0.15) is 5.10 Å². The predicted octanol–water partition coefficient (Wildman–Crippen LogP) is 2.40. The van der Waals surface area contributed by atoms with E-state index < -0.39 is 10.0 Å². The topological polar surface area (TPSA) is 93.1 Å². The molecule has 7 nitrogen and oxygen atoms in total. The van der Waals surface area contributed by atoms with Crippen LogP contribution >= 0.6 is 0 Å². The molecule has 1 fully saturated rings. The highest BCUT2D eigenvalue weighted by molar-refractivity contribution is 7.92. The van der Waals surface area contributed by atoms with Crippen LogP contribution in [0.3, 0.4) is 0 Å². The van der Waals surface area contributed by atoms with Gasteiger partial charge in [-0.25, -0.2) is 8.42 Å². The first-order valence-electron chi connectivity index (χ1n) is 7.82. The van der Waals surface area contributed by atoms with Gasteiger partial charge in [0.2, 0.25) is 10.0 Å². The van der Waals surface area contributed by atoms with Crippen molar-refractivity contribution in [3.05, 3.63) is 41.7 Å². The van der Waals surface area contributed by atoms with Gasteiger partial charge in [-0.15, -0.1) is 0 Å². The first-order valence-corrected chi connectivity index (χ1v) is 9.71. The van der Waals surface area contributed by atoms with E-state index in [1.807, 2.05) is 11.6 Å². The molecule has 24 heavy (non-hydrogen) atoms. The van der Waals surface area contributed by atoms with Gasteiger partial charge in [0, 0.05) is 18.2 Å². The lowest BCUT2D eigenvalue weighted by molar-refractivity contribution is 0.102. The average molecular weight is 348 g/mol. The van der Waals surface area contributed by atoms with Gasteiger partial charge in [-0.3, -0.25) is 14.2 Å². The van der Waals surface area contributed by atoms with Crippen molar-refractivity contribution >= 4 is 27.3 Å². The fraction of sp³-hybridized carbons (Fsp3) is 0.375. The summed E-state index contributed by atoms with van der Waals surface area (Å²) in [5.74, 6) is 0.180. The highest BCUT2D eigenvalue weighted by atomic mass is 32.2. The Morgan fingerprint density at radius 3 is 2.67 bits per heavy atom. The molecule has 2 N–H and O–H groups in total. The van der Waals surface area contributed by atoms with Crippen LogP contribution in [0.1, 0.15) is 41.7 Å². The molecule has 0 unspecified atom stereocenters. The molecule has 1 aromatic carbocycles. The van der Waals surface area contributed by atoms with Crippen LogP contribution in [0, 0.1) is 0 Å². The van der Waals surface area contributed by atoms with E-state index in [0.717, 1.165) is 31.3 Å². The minimum absolute atomic E-state index is 0.229. The van der Waals surface area contributed by atoms with Crippen LogP contribution in [0.15, 0.2) is 30.5 Å². The predicted molar refractivity (Wildman–Crippen MR) is 92.7 cm³/mol. The normalized spacial score (nSPS) is 14.4. The molecule has 0 spiro atoms. The molecule has 1 saturated carbocycles. The second kappa shape index (κ2) is 6.27. The third-order valence-corrected chi connectivity index (χ3v) is 4.42. The number of aromatic nitrogens is 2. The third-order valence-electron chi connectivity index (χ3n) is 3.81. The van der Waals surface area contributed by atoms with Crippen LogP contribution in [0.5, 0.6) is 0 Å². The summed E-state index contributed by atoms with van der Waals surface area (Å²) in [5.41, 5.74) is 2.50. The number of hydrogen-bond acceptors (Lipinski definition) is 4. The lowest BCUT2D eigenvalue weighted by Gasteiger charge is -2.09. The first kappa shape index (κ1) is 16.5. The maximum absolute atomic E-state index is 12.6. The molecule has 1 amide bonds. The molecular weight excluding hydrogens is 328 g/mol. The van der Waals surface area contributed by atoms with Crippen LogP contribution in [-0.4, -0.2) is 30.4 Å². The quantitative estimate of drug-likeness (QED) is 0.838. The smallest absolute Gasteiger partial charge is 0.259 e. The summed E-state index contributed by atoms with van der Waals surface area (Å²) in [6.45, 7) is 2.73. The summed E-state index contributed by atoms with van der Waals surface area (Å²) in [4.78, 5) is 12.6. The SMILES string of the molecule is CCn1ncc(C(=O)Nc2cccc(NS(C)(=O)=O)c2)c1C1CC1. The van der Waals surface area contributed by atoms with E-state index in [2.05, 4.69) is 15.1 Å². The van der Waals surface area contributed by atoms with E-state index in [1.165, 1.54) is 0 Å². The summed E-state index contributed by atoms with van der Waals surface area (Å²) < 4.78 is 26.9. The average Bonchev–Trinajstić information content (AvgIpc) is 3.24. The Bertz CT molecular complexity index is 869. The van der Waals surface area contributed by atoms with Gasteiger partial charge >= 0.3 is 0 Å². The maximum Gasteiger partial charge on any atom is 0.259 e. The van der Waals surface area contributed by atoms with Gasteiger partial charge in [-0.05, 0) is 38.0 Å². The summed E-state index contributed by atoms with van der Waals surface area (Å²) in [6, 6.07) is 6.61. The highest BCUT2D eigenvalue weighted by Crippen LogP contribution is 2.41. The molecule has 0 aliphatic heterocycles. The highest BCUT2D eigenvalue weighted by Gasteiger charge is 2.32. The monoisotopic (exact) mass is 348 g/mol. The van der Waals surface area contributed by atoms with Crippen LogP contribution in [-0.2, 0) is 16.6 Å². The third kappa shape index (κ3) is 3.76. The van der Waals surface area contributed by atoms with Gasteiger partial charge in [0.05, 0.1) is 29.4 Å². The second-order valence-corrected chi connectivity index (χ2v) is 7.69. The first-order chi connectivity index (χ1) is 11.4. The van der Waals surface area contributed by atoms with Crippen molar-refractivity contribution < 1.29 is 13.2 Å². The van der Waals surface area contributed by atoms with Crippen molar-refractivity contribution in [1.29, 1.82) is 0 Å². The number of nitrogens with one attached hydrogen (secondary N) is 2. The van der Waals surface area contributed by atoms with Gasteiger partial charge in [0.15, 0.2) is 0 Å². The van der Waals surface area contributed by atoms with Crippen LogP contribution in [0.25, 0.3) is 0 Å². The number of anilines is 2. The molecule has 0 radical (unpaired) electrons. The summed E-state index contributed by atoms with van der Waals surface area (Å²) in [5, 5.41) is 7.11. The van der Waals surface area contributed by atoms with Gasteiger partial charge in [0.25, 0.3) is 5.91 Å². The number of aryl methyl sites for hydroxylation is 1. The van der Waals surface area contributed by atoms with Crippen molar-refractivity contribution in [3.8, 4) is 0 Å². The number of sulfonamides is 1. The van der Waals surface area contributed by atoms with Gasteiger partial charge in [-0.1, -0.05) is 6.07 Å². The minimum atomic E-state index is -3.36. The fourth-order valence-electron chi connectivity index (χ4n) is 2.68. The van der Waals surface area contributed by atoms with Crippen LogP contribution in [0.4, 0.5) is 11.4 Å². The van der Waals surface area contributed by atoms with E-state index in [4.69, 9.17) is 0 Å². The molecule has 1 heterocycles. The summed E-state index contributed by atoms with van der Waals surface area (Å²) >= 11 is 0. The molecular formula is C16H20N4O3S. The minimum Gasteiger partial charge on any atom is -0.322 e. The lowest BCUT2D eigenvalue weighted by Crippen LogP contribution is -2.15. The molecule has 0 saturated heterocycles. The van der Waals surface area contributed by atoms with Crippen molar-refractivity contribution in [2.45, 2.75) is 32.2 Å². The fourth-order valence-corrected chi connectivity index (χ4v) is 3.24. The van der Waals surface area contributed by atoms with Crippen molar-refractivity contribution in [2.24, 2.45) is 0 Å². The van der Waals surface area contributed by atoms with E-state index in [9.17, 15) is 13.2 Å². The Balaban J connectivity index is 1.80. The largest absolute Gasteiger partial charge is 0.322 e. The molecule has 0 atom stereocenters. The summed E-state index contributed by atoms with van der Waals surface area (Å²) in [7, 11) is -3.36. The number of amides is 1. The van der Waals surface area contributed by atoms with Crippen molar-refractivity contribution in [2.75, 3.05) is 16.3 Å². The Morgan fingerprint density at radius 1 is 1.33 bits per heavy atom. The van der Waals surface area contributed by atoms with E-state index in [1.54, 1.807) is 30.5 Å². The van der Waals surface area contributed by atoms with Crippen LogP contribution in [0.2, 0.25) is 0 Å². The zero-order valence-corrected chi connectivity index (χ0v) is 14.4. The van der Waals surface area contributed by atoms with Crippen LogP contribution < -0.4 is 10.0 Å². The second-order valence-electron chi connectivity index (χ2n) is 5.94. The number of rotatable bonds is 6. The number of nitrogens with zero attached hydrogens (tertiary/aromatic N) is 2. The molecule has 128 valence electrons. The van der Waals surface area contributed by atoms with E-state index in [-0.39, 0.29) is 5.91 Å². The van der Waals surface area contributed by atoms with Crippen molar-refractivity contribution in [1.82, 2.24) is 9.78 Å².